The lowest BCUT2D eigenvalue weighted by Gasteiger charge is -1.96. The average Bonchev–Trinajstić information content (AvgIpc) is 2.34. The molecule has 0 heterocycles. The van der Waals surface area contributed by atoms with E-state index in [1.54, 1.807) is 0 Å². The highest BCUT2D eigenvalue weighted by Crippen LogP contribution is 2.06. The molecule has 0 rings (SSSR count). The van der Waals surface area contributed by atoms with Crippen molar-refractivity contribution in [1.82, 2.24) is 0 Å². The van der Waals surface area contributed by atoms with E-state index in [-0.39, 0.29) is 0 Å². The van der Waals surface area contributed by atoms with Crippen molar-refractivity contribution in [3.63, 3.8) is 0 Å². The molecule has 1 N–H and O–H groups in total. The van der Waals surface area contributed by atoms with Crippen LogP contribution in [0.15, 0.2) is 0 Å². The van der Waals surface area contributed by atoms with Crippen LogP contribution in [0.2, 0.25) is 0 Å². The standard InChI is InChI=1S/C16H28O2/c1-2-3-4-5-6-7-8-9-10-11-12-13-14-15-16(17)18/h2-7,10-15H2,1H3,(H,17,18). The average molecular weight is 252 g/mol. The van der Waals surface area contributed by atoms with Gasteiger partial charge in [-0.05, 0) is 19.3 Å². The first-order valence-corrected chi connectivity index (χ1v) is 7.45. The summed E-state index contributed by atoms with van der Waals surface area (Å²) >= 11 is 0. The second kappa shape index (κ2) is 14.1. The van der Waals surface area contributed by atoms with Crippen molar-refractivity contribution >= 4 is 5.97 Å². The third-order valence-corrected chi connectivity index (χ3v) is 2.97. The maximum absolute atomic E-state index is 10.3. The minimum Gasteiger partial charge on any atom is -0.481 e. The largest absolute Gasteiger partial charge is 0.481 e. The van der Waals surface area contributed by atoms with E-state index in [0.717, 1.165) is 38.5 Å². The molecule has 0 saturated heterocycles. The molecule has 0 aliphatic carbocycles. The molecule has 0 saturated carbocycles. The molecular weight excluding hydrogens is 224 g/mol. The van der Waals surface area contributed by atoms with Crippen LogP contribution in [0, 0.1) is 11.8 Å². The van der Waals surface area contributed by atoms with E-state index in [9.17, 15) is 4.79 Å². The number of carbonyl (C=O) groups is 1. The number of carboxylic acid groups (broad SMARTS) is 1. The maximum Gasteiger partial charge on any atom is 0.303 e. The van der Waals surface area contributed by atoms with Gasteiger partial charge in [-0.25, -0.2) is 0 Å². The van der Waals surface area contributed by atoms with Gasteiger partial charge in [-0.15, -0.1) is 11.8 Å². The molecule has 0 aliphatic heterocycles. The lowest BCUT2D eigenvalue weighted by molar-refractivity contribution is -0.137. The predicted octanol–water partition coefficient (Wildman–Crippen LogP) is 4.78. The lowest BCUT2D eigenvalue weighted by Crippen LogP contribution is -1.93. The smallest absolute Gasteiger partial charge is 0.303 e. The SMILES string of the molecule is CCCCCCCC#CCCCCCCC(=O)O. The number of hydrogen-bond acceptors (Lipinski definition) is 1. The Morgan fingerprint density at radius 3 is 1.83 bits per heavy atom. The lowest BCUT2D eigenvalue weighted by atomic mass is 10.1. The van der Waals surface area contributed by atoms with E-state index < -0.39 is 5.97 Å². The summed E-state index contributed by atoms with van der Waals surface area (Å²) in [5, 5.41) is 8.47. The minimum absolute atomic E-state index is 0.309. The molecule has 104 valence electrons. The van der Waals surface area contributed by atoms with Crippen LogP contribution < -0.4 is 0 Å². The number of aliphatic carboxylic acids is 1. The molecule has 0 amide bonds. The van der Waals surface area contributed by atoms with Crippen LogP contribution in [0.3, 0.4) is 0 Å². The Morgan fingerprint density at radius 1 is 0.833 bits per heavy atom. The molecule has 2 nitrogen and oxygen atoms in total. The fourth-order valence-corrected chi connectivity index (χ4v) is 1.84. The van der Waals surface area contributed by atoms with E-state index in [4.69, 9.17) is 5.11 Å². The molecule has 0 fully saturated rings. The van der Waals surface area contributed by atoms with Gasteiger partial charge in [-0.3, -0.25) is 4.79 Å². The molecular formula is C16H28O2. The summed E-state index contributed by atoms with van der Waals surface area (Å²) in [4.78, 5) is 10.3. The van der Waals surface area contributed by atoms with Crippen LogP contribution in [0.5, 0.6) is 0 Å². The molecule has 0 radical (unpaired) electrons. The molecule has 0 atom stereocenters. The summed E-state index contributed by atoms with van der Waals surface area (Å²) in [6, 6.07) is 0. The second-order valence-corrected chi connectivity index (χ2v) is 4.83. The van der Waals surface area contributed by atoms with Gasteiger partial charge in [0.2, 0.25) is 0 Å². The third-order valence-electron chi connectivity index (χ3n) is 2.97. The van der Waals surface area contributed by atoms with Gasteiger partial charge in [-0.2, -0.15) is 0 Å². The molecule has 0 aromatic rings. The molecule has 0 bridgehead atoms. The minimum atomic E-state index is -0.683. The van der Waals surface area contributed by atoms with Crippen LogP contribution in [0.4, 0.5) is 0 Å². The maximum atomic E-state index is 10.3. The summed E-state index contributed by atoms with van der Waals surface area (Å²) < 4.78 is 0. The Labute approximate surface area is 112 Å². The van der Waals surface area contributed by atoms with Crippen molar-refractivity contribution < 1.29 is 9.90 Å². The van der Waals surface area contributed by atoms with Gasteiger partial charge in [0.25, 0.3) is 0 Å². The fourth-order valence-electron chi connectivity index (χ4n) is 1.84. The summed E-state index contributed by atoms with van der Waals surface area (Å²) in [7, 11) is 0. The van der Waals surface area contributed by atoms with Gasteiger partial charge < -0.3 is 5.11 Å². The molecule has 0 unspecified atom stereocenters. The first kappa shape index (κ1) is 17.0. The molecule has 2 heteroatoms. The Hall–Kier alpha value is -0.970. The number of rotatable bonds is 11. The van der Waals surface area contributed by atoms with Crippen molar-refractivity contribution in [1.29, 1.82) is 0 Å². The normalized spacial score (nSPS) is 9.83. The van der Waals surface area contributed by atoms with Crippen molar-refractivity contribution in [2.24, 2.45) is 0 Å². The summed E-state index contributed by atoms with van der Waals surface area (Å²) in [5.41, 5.74) is 0. The van der Waals surface area contributed by atoms with Gasteiger partial charge in [0.1, 0.15) is 0 Å². The van der Waals surface area contributed by atoms with Crippen LogP contribution in [-0.2, 0) is 4.79 Å². The summed E-state index contributed by atoms with van der Waals surface area (Å²) in [6.07, 6.45) is 12.9. The van der Waals surface area contributed by atoms with Gasteiger partial charge in [0, 0.05) is 19.3 Å². The van der Waals surface area contributed by atoms with Crippen LogP contribution in [-0.4, -0.2) is 11.1 Å². The Balaban J connectivity index is 3.11. The van der Waals surface area contributed by atoms with E-state index in [1.807, 2.05) is 0 Å². The molecule has 18 heavy (non-hydrogen) atoms. The second-order valence-electron chi connectivity index (χ2n) is 4.83. The van der Waals surface area contributed by atoms with Gasteiger partial charge >= 0.3 is 5.97 Å². The Kier molecular flexibility index (Phi) is 13.3. The first-order chi connectivity index (χ1) is 8.77. The van der Waals surface area contributed by atoms with Gasteiger partial charge in [0.05, 0.1) is 0 Å². The number of carboxylic acids is 1. The zero-order valence-corrected chi connectivity index (χ0v) is 11.8. The van der Waals surface area contributed by atoms with Crippen molar-refractivity contribution in [3.8, 4) is 11.8 Å². The highest BCUT2D eigenvalue weighted by Gasteiger charge is 1.95. The summed E-state index contributed by atoms with van der Waals surface area (Å²) in [5.74, 6) is 5.75. The van der Waals surface area contributed by atoms with E-state index in [0.29, 0.717) is 6.42 Å². The van der Waals surface area contributed by atoms with E-state index in [2.05, 4.69) is 18.8 Å². The number of hydrogen-bond donors (Lipinski definition) is 1. The first-order valence-electron chi connectivity index (χ1n) is 7.45. The van der Waals surface area contributed by atoms with Crippen molar-refractivity contribution in [3.05, 3.63) is 0 Å². The highest BCUT2D eigenvalue weighted by atomic mass is 16.4. The monoisotopic (exact) mass is 252 g/mol. The molecule has 0 aromatic carbocycles. The Morgan fingerprint density at radius 2 is 1.33 bits per heavy atom. The summed E-state index contributed by atoms with van der Waals surface area (Å²) in [6.45, 7) is 2.23. The zero-order chi connectivity index (χ0) is 13.5. The highest BCUT2D eigenvalue weighted by molar-refractivity contribution is 5.66. The van der Waals surface area contributed by atoms with Crippen LogP contribution in [0.1, 0.15) is 84.0 Å². The molecule has 0 aliphatic rings. The third kappa shape index (κ3) is 15.0. The topological polar surface area (TPSA) is 37.3 Å². The zero-order valence-electron chi connectivity index (χ0n) is 11.8. The van der Waals surface area contributed by atoms with Crippen molar-refractivity contribution in [2.45, 2.75) is 84.0 Å². The number of unbranched alkanes of at least 4 members (excludes halogenated alkanes) is 9. The van der Waals surface area contributed by atoms with Gasteiger partial charge in [-0.1, -0.05) is 45.4 Å². The molecule has 0 spiro atoms. The van der Waals surface area contributed by atoms with Crippen LogP contribution >= 0.6 is 0 Å². The van der Waals surface area contributed by atoms with Crippen molar-refractivity contribution in [2.75, 3.05) is 0 Å². The van der Waals surface area contributed by atoms with Crippen LogP contribution in [0.25, 0.3) is 0 Å². The van der Waals surface area contributed by atoms with E-state index >= 15 is 0 Å². The fraction of sp³-hybridized carbons (Fsp3) is 0.812. The Bertz CT molecular complexity index is 248. The predicted molar refractivity (Wildman–Crippen MR) is 76.5 cm³/mol. The van der Waals surface area contributed by atoms with E-state index in [1.165, 1.54) is 32.1 Å². The van der Waals surface area contributed by atoms with Gasteiger partial charge in [0.15, 0.2) is 0 Å². The quantitative estimate of drug-likeness (QED) is 0.424. The molecule has 0 aromatic heterocycles.